The number of hydrogen-bond acceptors (Lipinski definition) is 3. The molecule has 108 valence electrons. The van der Waals surface area contributed by atoms with Crippen LogP contribution in [0.5, 0.6) is 5.75 Å². The number of hydrogen-bond donors (Lipinski definition) is 1. The van der Waals surface area contributed by atoms with E-state index in [0.717, 1.165) is 0 Å². The Kier molecular flexibility index (Phi) is 4.11. The largest absolute Gasteiger partial charge is 0.496 e. The Morgan fingerprint density at radius 1 is 1.40 bits per heavy atom. The Balaban J connectivity index is 2.46. The standard InChI is InChI=1S/C13H13Cl2NO4/c1-6(17)8-3-9(14)11(15)10(12(8)20-2)7-4-16(5-7)13(18)19/h3,7H,4-5H2,1-2H3,(H,18,19). The minimum atomic E-state index is -0.981. The second kappa shape index (κ2) is 5.50. The van der Waals surface area contributed by atoms with Gasteiger partial charge in [-0.25, -0.2) is 4.79 Å². The van der Waals surface area contributed by atoms with E-state index in [2.05, 4.69) is 0 Å². The van der Waals surface area contributed by atoms with Crippen LogP contribution in [-0.2, 0) is 0 Å². The maximum atomic E-state index is 11.7. The van der Waals surface area contributed by atoms with E-state index in [0.29, 0.717) is 35.0 Å². The number of methoxy groups -OCH3 is 1. The van der Waals surface area contributed by atoms with Crippen LogP contribution in [0.4, 0.5) is 4.79 Å². The van der Waals surface area contributed by atoms with Crippen LogP contribution in [0.25, 0.3) is 0 Å². The highest BCUT2D eigenvalue weighted by atomic mass is 35.5. The van der Waals surface area contributed by atoms with Crippen molar-refractivity contribution in [3.8, 4) is 5.75 Å². The number of nitrogens with zero attached hydrogens (tertiary/aromatic N) is 1. The number of carboxylic acid groups (broad SMARTS) is 1. The number of benzene rings is 1. The molecule has 0 spiro atoms. The third-order valence-corrected chi connectivity index (χ3v) is 4.15. The quantitative estimate of drug-likeness (QED) is 0.869. The fraction of sp³-hybridized carbons (Fsp3) is 0.385. The van der Waals surface area contributed by atoms with Crippen molar-refractivity contribution >= 4 is 35.1 Å². The zero-order chi connectivity index (χ0) is 15.0. The second-order valence-electron chi connectivity index (χ2n) is 4.61. The van der Waals surface area contributed by atoms with Crippen LogP contribution in [0.2, 0.25) is 10.0 Å². The van der Waals surface area contributed by atoms with E-state index in [1.807, 2.05) is 0 Å². The molecule has 0 saturated carbocycles. The molecule has 0 aliphatic carbocycles. The summed E-state index contributed by atoms with van der Waals surface area (Å²) in [5.74, 6) is 0.0726. The summed E-state index contributed by atoms with van der Waals surface area (Å²) in [4.78, 5) is 23.7. The van der Waals surface area contributed by atoms with Gasteiger partial charge in [-0.1, -0.05) is 23.2 Å². The average Bonchev–Trinajstić information content (AvgIpc) is 2.31. The first kappa shape index (κ1) is 14.9. The number of halogens is 2. The fourth-order valence-corrected chi connectivity index (χ4v) is 2.80. The van der Waals surface area contributed by atoms with Gasteiger partial charge in [-0.15, -0.1) is 0 Å². The normalized spacial score (nSPS) is 14.9. The molecule has 20 heavy (non-hydrogen) atoms. The number of carbonyl (C=O) groups is 2. The summed E-state index contributed by atoms with van der Waals surface area (Å²) in [6.07, 6.45) is -0.981. The van der Waals surface area contributed by atoms with E-state index in [9.17, 15) is 9.59 Å². The molecule has 1 aliphatic rings. The van der Waals surface area contributed by atoms with Gasteiger partial charge in [0.05, 0.1) is 22.7 Å². The Bertz CT molecular complexity index is 582. The van der Waals surface area contributed by atoms with Gasteiger partial charge in [0.15, 0.2) is 5.78 Å². The van der Waals surface area contributed by atoms with Crippen LogP contribution >= 0.6 is 23.2 Å². The van der Waals surface area contributed by atoms with Crippen molar-refractivity contribution in [3.63, 3.8) is 0 Å². The van der Waals surface area contributed by atoms with Crippen molar-refractivity contribution in [1.82, 2.24) is 4.90 Å². The molecule has 1 heterocycles. The van der Waals surface area contributed by atoms with E-state index in [4.69, 9.17) is 33.0 Å². The monoisotopic (exact) mass is 317 g/mol. The zero-order valence-corrected chi connectivity index (χ0v) is 12.5. The molecule has 1 aliphatic heterocycles. The molecule has 1 saturated heterocycles. The SMILES string of the molecule is COc1c(C(C)=O)cc(Cl)c(Cl)c1C1CN(C(=O)O)C1. The van der Waals surface area contributed by atoms with Crippen LogP contribution in [0.1, 0.15) is 28.8 Å². The van der Waals surface area contributed by atoms with E-state index >= 15 is 0 Å². The summed E-state index contributed by atoms with van der Waals surface area (Å²) < 4.78 is 5.30. The van der Waals surface area contributed by atoms with Crippen LogP contribution in [0, 0.1) is 0 Å². The first-order chi connectivity index (χ1) is 9.36. The third kappa shape index (κ3) is 2.43. The molecular formula is C13H13Cl2NO4. The van der Waals surface area contributed by atoms with Crippen LogP contribution < -0.4 is 4.74 Å². The minimum absolute atomic E-state index is 0.120. The Morgan fingerprint density at radius 2 is 2.00 bits per heavy atom. The zero-order valence-electron chi connectivity index (χ0n) is 10.9. The van der Waals surface area contributed by atoms with Crippen LogP contribution in [0.3, 0.4) is 0 Å². The van der Waals surface area contributed by atoms with E-state index < -0.39 is 6.09 Å². The van der Waals surface area contributed by atoms with Gasteiger partial charge in [0.2, 0.25) is 0 Å². The van der Waals surface area contributed by atoms with Crippen molar-refractivity contribution in [2.45, 2.75) is 12.8 Å². The van der Waals surface area contributed by atoms with E-state index in [1.165, 1.54) is 25.0 Å². The van der Waals surface area contributed by atoms with E-state index in [1.54, 1.807) is 0 Å². The lowest BCUT2D eigenvalue weighted by Crippen LogP contribution is -2.48. The van der Waals surface area contributed by atoms with Crippen molar-refractivity contribution < 1.29 is 19.4 Å². The Labute approximate surface area is 126 Å². The van der Waals surface area contributed by atoms with Crippen LogP contribution in [-0.4, -0.2) is 42.1 Å². The van der Waals surface area contributed by atoms with Crippen molar-refractivity contribution in [3.05, 3.63) is 27.2 Å². The molecule has 1 aromatic carbocycles. The summed E-state index contributed by atoms with van der Waals surface area (Å²) in [5.41, 5.74) is 0.954. The third-order valence-electron chi connectivity index (χ3n) is 3.35. The Hall–Kier alpha value is -1.46. The molecule has 0 atom stereocenters. The average molecular weight is 318 g/mol. The lowest BCUT2D eigenvalue weighted by atomic mass is 9.89. The van der Waals surface area contributed by atoms with Gasteiger partial charge in [-0.3, -0.25) is 4.79 Å². The fourth-order valence-electron chi connectivity index (χ4n) is 2.29. The molecule has 0 aromatic heterocycles. The highest BCUT2D eigenvalue weighted by Crippen LogP contribution is 2.44. The summed E-state index contributed by atoms with van der Waals surface area (Å²) in [6.45, 7) is 2.03. The number of ether oxygens (including phenoxy) is 1. The topological polar surface area (TPSA) is 66.8 Å². The van der Waals surface area contributed by atoms with Gasteiger partial charge >= 0.3 is 6.09 Å². The highest BCUT2D eigenvalue weighted by molar-refractivity contribution is 6.43. The summed E-state index contributed by atoms with van der Waals surface area (Å²) >= 11 is 12.2. The molecule has 1 amide bonds. The Morgan fingerprint density at radius 3 is 2.45 bits per heavy atom. The van der Waals surface area contributed by atoms with Crippen LogP contribution in [0.15, 0.2) is 6.07 Å². The van der Waals surface area contributed by atoms with Gasteiger partial charge in [-0.2, -0.15) is 0 Å². The summed E-state index contributed by atoms with van der Waals surface area (Å²) in [5, 5.41) is 9.45. The van der Waals surface area contributed by atoms with Crippen molar-refractivity contribution in [2.24, 2.45) is 0 Å². The smallest absolute Gasteiger partial charge is 0.407 e. The van der Waals surface area contributed by atoms with Gasteiger partial charge in [0.25, 0.3) is 0 Å². The molecule has 2 rings (SSSR count). The molecule has 7 heteroatoms. The number of rotatable bonds is 3. The molecule has 0 radical (unpaired) electrons. The molecule has 1 N–H and O–H groups in total. The molecule has 5 nitrogen and oxygen atoms in total. The molecule has 1 aromatic rings. The summed E-state index contributed by atoms with van der Waals surface area (Å²) in [6, 6.07) is 1.47. The van der Waals surface area contributed by atoms with Gasteiger partial charge in [0.1, 0.15) is 5.75 Å². The lowest BCUT2D eigenvalue weighted by Gasteiger charge is -2.38. The van der Waals surface area contributed by atoms with Gasteiger partial charge in [-0.05, 0) is 13.0 Å². The first-order valence-corrected chi connectivity index (χ1v) is 6.67. The maximum absolute atomic E-state index is 11.7. The first-order valence-electron chi connectivity index (χ1n) is 5.91. The lowest BCUT2D eigenvalue weighted by molar-refractivity contribution is 0.0999. The molecular weight excluding hydrogens is 305 g/mol. The predicted molar refractivity (Wildman–Crippen MR) is 75.4 cm³/mol. The number of carbonyl (C=O) groups excluding carboxylic acids is 1. The minimum Gasteiger partial charge on any atom is -0.496 e. The van der Waals surface area contributed by atoms with Gasteiger partial charge in [0, 0.05) is 24.6 Å². The second-order valence-corrected chi connectivity index (χ2v) is 5.39. The maximum Gasteiger partial charge on any atom is 0.407 e. The van der Waals surface area contributed by atoms with E-state index in [-0.39, 0.29) is 16.7 Å². The molecule has 0 bridgehead atoms. The van der Waals surface area contributed by atoms with Crippen molar-refractivity contribution in [2.75, 3.05) is 20.2 Å². The number of amides is 1. The number of likely N-dealkylation sites (tertiary alicyclic amines) is 1. The van der Waals surface area contributed by atoms with Gasteiger partial charge < -0.3 is 14.7 Å². The molecule has 0 unspecified atom stereocenters. The highest BCUT2D eigenvalue weighted by Gasteiger charge is 2.36. The number of Topliss-reactive ketones (excluding diaryl/α,β-unsaturated/α-hetero) is 1. The van der Waals surface area contributed by atoms with Crippen molar-refractivity contribution in [1.29, 1.82) is 0 Å². The number of ketones is 1. The summed E-state index contributed by atoms with van der Waals surface area (Å²) in [7, 11) is 1.45. The predicted octanol–water partition coefficient (Wildman–Crippen LogP) is 3.28. The molecule has 1 fully saturated rings.